The Hall–Kier alpha value is -2.80. The van der Waals surface area contributed by atoms with Crippen molar-refractivity contribution in [2.24, 2.45) is 0 Å². The van der Waals surface area contributed by atoms with Gasteiger partial charge in [0, 0.05) is 25.3 Å². The molecule has 2 amide bonds. The van der Waals surface area contributed by atoms with E-state index in [0.29, 0.717) is 31.3 Å². The fourth-order valence-corrected chi connectivity index (χ4v) is 1.97. The number of carbonyl (C=O) groups is 1. The van der Waals surface area contributed by atoms with Gasteiger partial charge in [-0.1, -0.05) is 18.2 Å². The van der Waals surface area contributed by atoms with Gasteiger partial charge in [0.2, 0.25) is 5.88 Å². The van der Waals surface area contributed by atoms with Crippen LogP contribution < -0.4 is 20.1 Å². The number of benzene rings is 1. The molecule has 7 heteroatoms. The molecule has 0 unspecified atom stereocenters. The van der Waals surface area contributed by atoms with Crippen molar-refractivity contribution in [2.45, 2.75) is 6.54 Å². The van der Waals surface area contributed by atoms with Crippen molar-refractivity contribution >= 4 is 11.7 Å². The molecule has 1 aromatic carbocycles. The van der Waals surface area contributed by atoms with Crippen molar-refractivity contribution in [1.82, 2.24) is 10.3 Å². The molecule has 0 aliphatic heterocycles. The van der Waals surface area contributed by atoms with Crippen LogP contribution in [0.2, 0.25) is 0 Å². The zero-order valence-electron chi connectivity index (χ0n) is 13.7. The smallest absolute Gasteiger partial charge is 0.319 e. The van der Waals surface area contributed by atoms with Gasteiger partial charge in [-0.15, -0.1) is 0 Å². The predicted molar refractivity (Wildman–Crippen MR) is 90.5 cm³/mol. The number of nitrogens with one attached hydrogen (secondary N) is 2. The maximum Gasteiger partial charge on any atom is 0.319 e. The summed E-state index contributed by atoms with van der Waals surface area (Å²) < 4.78 is 15.5. The molecule has 0 fully saturated rings. The Bertz CT molecular complexity index is 647. The normalized spacial score (nSPS) is 10.1. The molecule has 128 valence electrons. The Balaban J connectivity index is 1.81. The highest BCUT2D eigenvalue weighted by Crippen LogP contribution is 2.17. The van der Waals surface area contributed by atoms with Crippen LogP contribution in [0.3, 0.4) is 0 Å². The molecule has 2 aromatic rings. The molecule has 0 bridgehead atoms. The standard InChI is InChI=1S/C17H21N3O4/c1-22-9-10-24-16-8-7-14(12-18-16)20-17(21)19-11-13-5-3-4-6-15(13)23-2/h3-8,12H,9-11H2,1-2H3,(H2,19,20,21). The van der Waals surface area contributed by atoms with Crippen molar-refractivity contribution in [1.29, 1.82) is 0 Å². The summed E-state index contributed by atoms with van der Waals surface area (Å²) in [4.78, 5) is 16.1. The first-order valence-electron chi connectivity index (χ1n) is 7.47. The van der Waals surface area contributed by atoms with Gasteiger partial charge in [-0.3, -0.25) is 0 Å². The maximum absolute atomic E-state index is 11.9. The largest absolute Gasteiger partial charge is 0.496 e. The van der Waals surface area contributed by atoms with E-state index in [9.17, 15) is 4.79 Å². The van der Waals surface area contributed by atoms with Crippen LogP contribution in [-0.2, 0) is 11.3 Å². The van der Waals surface area contributed by atoms with Crippen molar-refractivity contribution in [3.05, 3.63) is 48.2 Å². The molecule has 0 radical (unpaired) electrons. The quantitative estimate of drug-likeness (QED) is 0.726. The van der Waals surface area contributed by atoms with Crippen LogP contribution in [0.25, 0.3) is 0 Å². The van der Waals surface area contributed by atoms with Gasteiger partial charge in [0.25, 0.3) is 0 Å². The second-order valence-electron chi connectivity index (χ2n) is 4.85. The third-order valence-electron chi connectivity index (χ3n) is 3.16. The van der Waals surface area contributed by atoms with Crippen LogP contribution in [0, 0.1) is 0 Å². The molecule has 0 aliphatic carbocycles. The van der Waals surface area contributed by atoms with Gasteiger partial charge in [0.15, 0.2) is 0 Å². The summed E-state index contributed by atoms with van der Waals surface area (Å²) in [7, 11) is 3.20. The molecule has 0 saturated heterocycles. The maximum atomic E-state index is 11.9. The number of para-hydroxylation sites is 1. The van der Waals surface area contributed by atoms with E-state index in [-0.39, 0.29) is 6.03 Å². The number of ether oxygens (including phenoxy) is 3. The summed E-state index contributed by atoms with van der Waals surface area (Å²) in [6.07, 6.45) is 1.53. The Morgan fingerprint density at radius 2 is 1.96 bits per heavy atom. The molecule has 0 aliphatic rings. The minimum atomic E-state index is -0.323. The van der Waals surface area contributed by atoms with E-state index in [1.807, 2.05) is 24.3 Å². The van der Waals surface area contributed by atoms with Crippen molar-refractivity contribution in [2.75, 3.05) is 32.8 Å². The number of anilines is 1. The fourth-order valence-electron chi connectivity index (χ4n) is 1.97. The molecule has 0 atom stereocenters. The Kier molecular flexibility index (Phi) is 6.85. The Morgan fingerprint density at radius 1 is 1.12 bits per heavy atom. The van der Waals surface area contributed by atoms with E-state index in [1.165, 1.54) is 6.20 Å². The highest BCUT2D eigenvalue weighted by atomic mass is 16.5. The summed E-state index contributed by atoms with van der Waals surface area (Å²) in [5.74, 6) is 1.21. The van der Waals surface area contributed by atoms with Gasteiger partial charge in [-0.2, -0.15) is 0 Å². The first-order valence-corrected chi connectivity index (χ1v) is 7.47. The molecule has 1 heterocycles. The average Bonchev–Trinajstić information content (AvgIpc) is 2.62. The number of aromatic nitrogens is 1. The van der Waals surface area contributed by atoms with Gasteiger partial charge >= 0.3 is 6.03 Å². The van der Waals surface area contributed by atoms with Crippen LogP contribution in [0.5, 0.6) is 11.6 Å². The number of amides is 2. The van der Waals surface area contributed by atoms with E-state index in [1.54, 1.807) is 26.4 Å². The SMILES string of the molecule is COCCOc1ccc(NC(=O)NCc2ccccc2OC)cn1. The second kappa shape index (κ2) is 9.36. The minimum Gasteiger partial charge on any atom is -0.496 e. The van der Waals surface area contributed by atoms with Crippen molar-refractivity contribution in [3.63, 3.8) is 0 Å². The molecule has 2 N–H and O–H groups in total. The summed E-state index contributed by atoms with van der Waals surface area (Å²) >= 11 is 0. The molecule has 0 spiro atoms. The van der Waals surface area contributed by atoms with Crippen LogP contribution >= 0.6 is 0 Å². The summed E-state index contributed by atoms with van der Waals surface area (Å²) in [6, 6.07) is 10.6. The van der Waals surface area contributed by atoms with E-state index in [0.717, 1.165) is 11.3 Å². The third kappa shape index (κ3) is 5.44. The van der Waals surface area contributed by atoms with Gasteiger partial charge in [-0.25, -0.2) is 9.78 Å². The Labute approximate surface area is 140 Å². The highest BCUT2D eigenvalue weighted by Gasteiger charge is 2.06. The van der Waals surface area contributed by atoms with Gasteiger partial charge < -0.3 is 24.8 Å². The first-order chi connectivity index (χ1) is 11.7. The minimum absolute atomic E-state index is 0.323. The topological polar surface area (TPSA) is 81.7 Å². The number of urea groups is 1. The summed E-state index contributed by atoms with van der Waals surface area (Å²) in [5.41, 5.74) is 1.47. The molecule has 24 heavy (non-hydrogen) atoms. The lowest BCUT2D eigenvalue weighted by Crippen LogP contribution is -2.28. The van der Waals surface area contributed by atoms with E-state index < -0.39 is 0 Å². The number of carbonyl (C=O) groups excluding carboxylic acids is 1. The number of hydrogen-bond acceptors (Lipinski definition) is 5. The lowest BCUT2D eigenvalue weighted by atomic mass is 10.2. The lowest BCUT2D eigenvalue weighted by Gasteiger charge is -2.11. The summed E-state index contributed by atoms with van der Waals surface area (Å²) in [6.45, 7) is 1.28. The van der Waals surface area contributed by atoms with Gasteiger partial charge in [0.05, 0.1) is 25.6 Å². The number of methoxy groups -OCH3 is 2. The number of nitrogens with zero attached hydrogens (tertiary/aromatic N) is 1. The van der Waals surface area contributed by atoms with Crippen LogP contribution in [0.1, 0.15) is 5.56 Å². The highest BCUT2D eigenvalue weighted by molar-refractivity contribution is 5.89. The zero-order valence-corrected chi connectivity index (χ0v) is 13.7. The summed E-state index contributed by atoms with van der Waals surface area (Å²) in [5, 5.41) is 5.48. The van der Waals surface area contributed by atoms with E-state index in [2.05, 4.69) is 15.6 Å². The number of hydrogen-bond donors (Lipinski definition) is 2. The molecular formula is C17H21N3O4. The van der Waals surface area contributed by atoms with Crippen molar-refractivity contribution < 1.29 is 19.0 Å². The zero-order chi connectivity index (χ0) is 17.2. The number of pyridine rings is 1. The molecule has 0 saturated carbocycles. The van der Waals surface area contributed by atoms with Gasteiger partial charge in [0.1, 0.15) is 12.4 Å². The third-order valence-corrected chi connectivity index (χ3v) is 3.16. The molecule has 7 nitrogen and oxygen atoms in total. The molecule has 2 rings (SSSR count). The average molecular weight is 331 g/mol. The molecular weight excluding hydrogens is 310 g/mol. The Morgan fingerprint density at radius 3 is 2.67 bits per heavy atom. The van der Waals surface area contributed by atoms with Gasteiger partial charge in [-0.05, 0) is 12.1 Å². The van der Waals surface area contributed by atoms with E-state index >= 15 is 0 Å². The van der Waals surface area contributed by atoms with Crippen molar-refractivity contribution in [3.8, 4) is 11.6 Å². The monoisotopic (exact) mass is 331 g/mol. The van der Waals surface area contributed by atoms with Crippen LogP contribution in [0.4, 0.5) is 10.5 Å². The first kappa shape index (κ1) is 17.6. The predicted octanol–water partition coefficient (Wildman–Crippen LogP) is 2.44. The van der Waals surface area contributed by atoms with E-state index in [4.69, 9.17) is 14.2 Å². The molecule has 1 aromatic heterocycles. The fraction of sp³-hybridized carbons (Fsp3) is 0.294. The second-order valence-corrected chi connectivity index (χ2v) is 4.85. The van der Waals surface area contributed by atoms with Crippen LogP contribution in [-0.4, -0.2) is 38.4 Å². The lowest BCUT2D eigenvalue weighted by molar-refractivity contribution is 0.144. The number of rotatable bonds is 8. The van der Waals surface area contributed by atoms with Crippen LogP contribution in [0.15, 0.2) is 42.6 Å².